The second-order valence-corrected chi connectivity index (χ2v) is 11.5. The van der Waals surface area contributed by atoms with Crippen LogP contribution in [0.3, 0.4) is 0 Å². The zero-order chi connectivity index (χ0) is 29.3. The molecule has 11 heteroatoms. The van der Waals surface area contributed by atoms with Gasteiger partial charge in [-0.3, -0.25) is 19.5 Å². The molecule has 2 bridgehead atoms. The first kappa shape index (κ1) is 27.2. The summed E-state index contributed by atoms with van der Waals surface area (Å²) in [5.41, 5.74) is 4.76. The van der Waals surface area contributed by atoms with Gasteiger partial charge in [0.2, 0.25) is 5.91 Å². The Hall–Kier alpha value is -4.61. The Bertz CT molecular complexity index is 1650. The number of pyridine rings is 1. The van der Waals surface area contributed by atoms with E-state index < -0.39 is 0 Å². The van der Waals surface area contributed by atoms with Gasteiger partial charge in [0.25, 0.3) is 5.91 Å². The molecule has 2 unspecified atom stereocenters. The quantitative estimate of drug-likeness (QED) is 0.271. The van der Waals surface area contributed by atoms with Crippen molar-refractivity contribution in [3.8, 4) is 11.3 Å². The highest BCUT2D eigenvalue weighted by Gasteiger charge is 2.39. The number of ether oxygens (including phenoxy) is 1. The number of nitrogens with zero attached hydrogens (tertiary/aromatic N) is 5. The van der Waals surface area contributed by atoms with Crippen molar-refractivity contribution in [2.45, 2.75) is 44.1 Å². The minimum absolute atomic E-state index is 0.0985. The molecule has 4 fully saturated rings. The Morgan fingerprint density at radius 1 is 1.07 bits per heavy atom. The molecule has 220 valence electrons. The first-order valence-corrected chi connectivity index (χ1v) is 14.8. The van der Waals surface area contributed by atoms with Crippen molar-refractivity contribution < 1.29 is 14.3 Å². The number of amides is 2. The van der Waals surface area contributed by atoms with Crippen LogP contribution in [0, 0.1) is 0 Å². The Balaban J connectivity index is 0.998. The maximum atomic E-state index is 13.1. The summed E-state index contributed by atoms with van der Waals surface area (Å²) >= 11 is 0. The molecule has 4 saturated heterocycles. The molecule has 0 saturated carbocycles. The minimum atomic E-state index is -0.265. The lowest BCUT2D eigenvalue weighted by Gasteiger charge is -2.47. The van der Waals surface area contributed by atoms with Crippen molar-refractivity contribution >= 4 is 34.4 Å². The summed E-state index contributed by atoms with van der Waals surface area (Å²) in [4.78, 5) is 46.1. The van der Waals surface area contributed by atoms with Gasteiger partial charge in [-0.2, -0.15) is 0 Å². The van der Waals surface area contributed by atoms with Crippen LogP contribution in [0.25, 0.3) is 22.3 Å². The standard InChI is InChI=1S/C32H34N8O3/c1-2-29(41)36-23-4-3-11-39(16-23)15-20-9-10-33-28(12-20)32(42)37-22-7-5-21(6-8-22)27-14-26-30(38-27)34-19-35-31(26)40-17-24-13-25(18-40)43-24/h2,5-10,12,14,19,23-25H,1,3-4,11,13,15-18H2,(H,36,41)(H,37,42)(H,34,35,38)/t23-,24?,25?/m1/s1. The number of carbonyl (C=O) groups excluding carboxylic acids is 2. The summed E-state index contributed by atoms with van der Waals surface area (Å²) in [5.74, 6) is 0.523. The van der Waals surface area contributed by atoms with Gasteiger partial charge in [0, 0.05) is 56.2 Å². The molecule has 0 aliphatic carbocycles. The molecule has 0 radical (unpaired) electrons. The van der Waals surface area contributed by atoms with Crippen molar-refractivity contribution in [1.29, 1.82) is 0 Å². The van der Waals surface area contributed by atoms with E-state index in [-0.39, 0.29) is 17.9 Å². The van der Waals surface area contributed by atoms with E-state index in [1.807, 2.05) is 36.4 Å². The molecule has 7 heterocycles. The Morgan fingerprint density at radius 3 is 2.67 bits per heavy atom. The fourth-order valence-electron chi connectivity index (χ4n) is 6.32. The third-order valence-electron chi connectivity index (χ3n) is 8.42. The number of hydrogen-bond donors (Lipinski definition) is 3. The molecule has 3 aromatic heterocycles. The molecule has 4 aliphatic rings. The van der Waals surface area contributed by atoms with Gasteiger partial charge in [-0.1, -0.05) is 18.7 Å². The molecule has 11 nitrogen and oxygen atoms in total. The monoisotopic (exact) mass is 578 g/mol. The van der Waals surface area contributed by atoms with E-state index in [4.69, 9.17) is 4.74 Å². The fraction of sp³-hybridized carbons (Fsp3) is 0.344. The number of piperidine rings is 2. The maximum Gasteiger partial charge on any atom is 0.274 e. The number of H-pyrrole nitrogens is 1. The van der Waals surface area contributed by atoms with E-state index >= 15 is 0 Å². The second kappa shape index (κ2) is 11.6. The third-order valence-corrected chi connectivity index (χ3v) is 8.42. The molecule has 8 rings (SSSR count). The maximum absolute atomic E-state index is 13.1. The third kappa shape index (κ3) is 5.86. The number of aromatic nitrogens is 4. The topological polar surface area (TPSA) is 128 Å². The normalized spacial score (nSPS) is 21.7. The summed E-state index contributed by atoms with van der Waals surface area (Å²) in [6, 6.07) is 13.7. The molecule has 4 aliphatic heterocycles. The van der Waals surface area contributed by atoms with E-state index in [0.29, 0.717) is 30.1 Å². The molecule has 4 aromatic rings. The summed E-state index contributed by atoms with van der Waals surface area (Å²) in [6.45, 7) is 7.62. The van der Waals surface area contributed by atoms with Crippen LogP contribution in [0.5, 0.6) is 0 Å². The number of benzene rings is 1. The average molecular weight is 579 g/mol. The average Bonchev–Trinajstić information content (AvgIpc) is 3.46. The van der Waals surface area contributed by atoms with E-state index in [0.717, 1.165) is 79.1 Å². The number of carbonyl (C=O) groups is 2. The van der Waals surface area contributed by atoms with Crippen LogP contribution < -0.4 is 15.5 Å². The summed E-state index contributed by atoms with van der Waals surface area (Å²) in [5, 5.41) is 6.95. The van der Waals surface area contributed by atoms with E-state index in [9.17, 15) is 9.59 Å². The predicted octanol–water partition coefficient (Wildman–Crippen LogP) is 3.52. The lowest BCUT2D eigenvalue weighted by molar-refractivity contribution is -0.133. The number of aromatic amines is 1. The predicted molar refractivity (Wildman–Crippen MR) is 164 cm³/mol. The number of hydrogen-bond acceptors (Lipinski definition) is 8. The smallest absolute Gasteiger partial charge is 0.274 e. The first-order chi connectivity index (χ1) is 21.0. The van der Waals surface area contributed by atoms with Crippen molar-refractivity contribution in [3.63, 3.8) is 0 Å². The molecular formula is C32H34N8O3. The highest BCUT2D eigenvalue weighted by molar-refractivity contribution is 6.03. The van der Waals surface area contributed by atoms with Gasteiger partial charge >= 0.3 is 0 Å². The van der Waals surface area contributed by atoms with Gasteiger partial charge in [-0.25, -0.2) is 9.97 Å². The van der Waals surface area contributed by atoms with E-state index in [2.05, 4.69) is 53.0 Å². The van der Waals surface area contributed by atoms with Crippen LogP contribution in [0.4, 0.5) is 11.5 Å². The minimum Gasteiger partial charge on any atom is -0.371 e. The van der Waals surface area contributed by atoms with Crippen molar-refractivity contribution in [2.75, 3.05) is 36.4 Å². The van der Waals surface area contributed by atoms with Crippen molar-refractivity contribution in [3.05, 3.63) is 78.9 Å². The molecule has 3 N–H and O–H groups in total. The lowest BCUT2D eigenvalue weighted by Crippen LogP contribution is -2.57. The van der Waals surface area contributed by atoms with Crippen LogP contribution in [0.15, 0.2) is 67.6 Å². The molecule has 43 heavy (non-hydrogen) atoms. The van der Waals surface area contributed by atoms with Gasteiger partial charge in [-0.05, 0) is 66.9 Å². The fourth-order valence-corrected chi connectivity index (χ4v) is 6.32. The Kier molecular flexibility index (Phi) is 7.33. The number of likely N-dealkylation sites (tertiary alicyclic amines) is 1. The number of morpholine rings is 1. The second-order valence-electron chi connectivity index (χ2n) is 11.5. The molecule has 1 aromatic carbocycles. The van der Waals surface area contributed by atoms with Crippen LogP contribution >= 0.6 is 0 Å². The molecule has 3 atom stereocenters. The van der Waals surface area contributed by atoms with Crippen molar-refractivity contribution in [2.24, 2.45) is 0 Å². The lowest BCUT2D eigenvalue weighted by atomic mass is 9.98. The first-order valence-electron chi connectivity index (χ1n) is 14.8. The summed E-state index contributed by atoms with van der Waals surface area (Å²) in [6.07, 6.45) is 8.24. The molecule has 2 amide bonds. The van der Waals surface area contributed by atoms with Crippen LogP contribution in [0.2, 0.25) is 0 Å². The van der Waals surface area contributed by atoms with Gasteiger partial charge in [0.05, 0.1) is 17.6 Å². The SMILES string of the molecule is C=CC(=O)N[C@@H]1CCCN(Cc2ccnc(C(=O)Nc3ccc(-c4cc5c(N6CC7CC(C6)O7)ncnc5[nH]4)cc3)c2)C1. The van der Waals surface area contributed by atoms with Gasteiger partial charge < -0.3 is 25.3 Å². The zero-order valence-electron chi connectivity index (χ0n) is 23.8. The van der Waals surface area contributed by atoms with E-state index in [1.165, 1.54) is 6.08 Å². The number of rotatable bonds is 8. The zero-order valence-corrected chi connectivity index (χ0v) is 23.8. The van der Waals surface area contributed by atoms with Gasteiger partial charge in [0.1, 0.15) is 23.5 Å². The number of nitrogens with one attached hydrogen (secondary N) is 3. The van der Waals surface area contributed by atoms with Gasteiger partial charge in [-0.15, -0.1) is 0 Å². The largest absolute Gasteiger partial charge is 0.371 e. The highest BCUT2D eigenvalue weighted by atomic mass is 16.5. The summed E-state index contributed by atoms with van der Waals surface area (Å²) < 4.78 is 5.79. The molecule has 0 spiro atoms. The number of anilines is 2. The van der Waals surface area contributed by atoms with Crippen molar-refractivity contribution in [1.82, 2.24) is 30.2 Å². The van der Waals surface area contributed by atoms with Crippen LogP contribution in [0.1, 0.15) is 35.3 Å². The molecular weight excluding hydrogens is 544 g/mol. The summed E-state index contributed by atoms with van der Waals surface area (Å²) in [7, 11) is 0. The number of fused-ring (bicyclic) bond motifs is 3. The van der Waals surface area contributed by atoms with E-state index in [1.54, 1.807) is 12.5 Å². The van der Waals surface area contributed by atoms with Crippen LogP contribution in [-0.2, 0) is 16.1 Å². The van der Waals surface area contributed by atoms with Crippen LogP contribution in [-0.4, -0.2) is 81.1 Å². The van der Waals surface area contributed by atoms with Gasteiger partial charge in [0.15, 0.2) is 0 Å². The highest BCUT2D eigenvalue weighted by Crippen LogP contribution is 2.34. The Labute approximate surface area is 249 Å². The Morgan fingerprint density at radius 2 is 1.88 bits per heavy atom.